The molecular weight excluding hydrogens is 402 g/mol. The van der Waals surface area contributed by atoms with Gasteiger partial charge >= 0.3 is 0 Å². The monoisotopic (exact) mass is 419 g/mol. The molecule has 6 heteroatoms. The summed E-state index contributed by atoms with van der Waals surface area (Å²) in [7, 11) is -3.62. The van der Waals surface area contributed by atoms with Crippen LogP contribution in [0.5, 0.6) is 0 Å². The second kappa shape index (κ2) is 6.18. The van der Waals surface area contributed by atoms with Gasteiger partial charge < -0.3 is 4.42 Å². The van der Waals surface area contributed by atoms with Crippen molar-refractivity contribution in [1.82, 2.24) is 0 Å². The highest BCUT2D eigenvalue weighted by atomic mass is 79.9. The maximum absolute atomic E-state index is 12.6. The van der Waals surface area contributed by atoms with E-state index >= 15 is 0 Å². The van der Waals surface area contributed by atoms with Crippen LogP contribution in [0.15, 0.2) is 56.2 Å². The summed E-state index contributed by atoms with van der Waals surface area (Å²) < 4.78 is 34.6. The predicted molar refractivity (Wildman–Crippen MR) is 102 cm³/mol. The Morgan fingerprint density at radius 1 is 1.16 bits per heavy atom. The quantitative estimate of drug-likeness (QED) is 0.640. The van der Waals surface area contributed by atoms with E-state index in [0.717, 1.165) is 40.5 Å². The van der Waals surface area contributed by atoms with Gasteiger partial charge in [-0.15, -0.1) is 0 Å². The van der Waals surface area contributed by atoms with E-state index in [-0.39, 0.29) is 4.90 Å². The van der Waals surface area contributed by atoms with Gasteiger partial charge in [-0.3, -0.25) is 4.72 Å². The van der Waals surface area contributed by atoms with E-state index in [0.29, 0.717) is 11.6 Å². The van der Waals surface area contributed by atoms with Gasteiger partial charge in [0.1, 0.15) is 11.3 Å². The molecule has 1 aliphatic carbocycles. The largest absolute Gasteiger partial charge is 0.461 e. The lowest BCUT2D eigenvalue weighted by atomic mass is 9.88. The first kappa shape index (κ1) is 16.7. The average Bonchev–Trinajstić information content (AvgIpc) is 2.92. The maximum atomic E-state index is 12.6. The van der Waals surface area contributed by atoms with Crippen molar-refractivity contribution in [3.8, 4) is 0 Å². The second-order valence-electron chi connectivity index (χ2n) is 6.62. The molecule has 2 aromatic carbocycles. The van der Waals surface area contributed by atoms with E-state index in [1.807, 2.05) is 12.1 Å². The molecule has 1 N–H and O–H groups in total. The van der Waals surface area contributed by atoms with Gasteiger partial charge in [0.2, 0.25) is 0 Å². The van der Waals surface area contributed by atoms with Gasteiger partial charge in [-0.2, -0.15) is 0 Å². The van der Waals surface area contributed by atoms with Crippen LogP contribution in [0.2, 0.25) is 0 Å². The molecule has 1 unspecified atom stereocenters. The van der Waals surface area contributed by atoms with Crippen molar-refractivity contribution in [2.45, 2.75) is 31.1 Å². The third kappa shape index (κ3) is 3.20. The van der Waals surface area contributed by atoms with Crippen LogP contribution in [-0.2, 0) is 22.9 Å². The van der Waals surface area contributed by atoms with Crippen LogP contribution in [-0.4, -0.2) is 8.42 Å². The van der Waals surface area contributed by atoms with E-state index in [2.05, 4.69) is 27.6 Å². The fraction of sp³-hybridized carbons (Fsp3) is 0.263. The van der Waals surface area contributed by atoms with Crippen LogP contribution < -0.4 is 4.72 Å². The Balaban J connectivity index is 1.70. The number of nitrogens with one attached hydrogen (secondary N) is 1. The Labute approximate surface area is 155 Å². The van der Waals surface area contributed by atoms with E-state index in [1.54, 1.807) is 30.3 Å². The van der Waals surface area contributed by atoms with Crippen molar-refractivity contribution in [3.05, 3.63) is 58.3 Å². The molecule has 0 saturated carbocycles. The molecule has 1 aliphatic rings. The molecule has 1 aromatic heterocycles. The van der Waals surface area contributed by atoms with Gasteiger partial charge in [-0.25, -0.2) is 8.42 Å². The zero-order valence-corrected chi connectivity index (χ0v) is 16.2. The molecule has 3 aromatic rings. The number of anilines is 1. The number of rotatable bonds is 3. The minimum absolute atomic E-state index is 0.235. The molecule has 25 heavy (non-hydrogen) atoms. The molecule has 0 radical (unpaired) electrons. The van der Waals surface area contributed by atoms with Crippen LogP contribution in [0.4, 0.5) is 5.69 Å². The number of fused-ring (bicyclic) bond motifs is 3. The lowest BCUT2D eigenvalue weighted by molar-refractivity contribution is 0.438. The predicted octanol–water partition coefficient (Wildman–Crippen LogP) is 5.12. The number of hydrogen-bond acceptors (Lipinski definition) is 3. The summed E-state index contributed by atoms with van der Waals surface area (Å²) >= 11 is 3.32. The Morgan fingerprint density at radius 3 is 2.68 bits per heavy atom. The summed E-state index contributed by atoms with van der Waals surface area (Å²) in [5.74, 6) is 1.66. The molecule has 0 amide bonds. The molecular formula is C19H18BrNO3S. The molecule has 4 nitrogen and oxygen atoms in total. The highest BCUT2D eigenvalue weighted by Crippen LogP contribution is 2.35. The van der Waals surface area contributed by atoms with Crippen LogP contribution in [0.1, 0.15) is 24.7 Å². The molecule has 130 valence electrons. The molecule has 0 saturated heterocycles. The fourth-order valence-electron chi connectivity index (χ4n) is 3.34. The molecule has 1 atom stereocenters. The summed E-state index contributed by atoms with van der Waals surface area (Å²) in [5, 5.41) is 1.01. The first-order valence-corrected chi connectivity index (χ1v) is 10.5. The van der Waals surface area contributed by atoms with Gasteiger partial charge in [0.25, 0.3) is 10.0 Å². The summed E-state index contributed by atoms with van der Waals surface area (Å²) in [5.41, 5.74) is 2.60. The second-order valence-corrected chi connectivity index (χ2v) is 9.22. The maximum Gasteiger partial charge on any atom is 0.261 e. The van der Waals surface area contributed by atoms with Crippen molar-refractivity contribution in [2.24, 2.45) is 5.92 Å². The minimum atomic E-state index is -3.62. The summed E-state index contributed by atoms with van der Waals surface area (Å²) in [4.78, 5) is 0.235. The summed E-state index contributed by atoms with van der Waals surface area (Å²) in [6.07, 6.45) is 3.06. The van der Waals surface area contributed by atoms with Gasteiger partial charge in [0.15, 0.2) is 0 Å². The molecule has 0 fully saturated rings. The fourth-order valence-corrected chi connectivity index (χ4v) is 4.66. The average molecular weight is 420 g/mol. The lowest BCUT2D eigenvalue weighted by Gasteiger charge is -2.16. The SMILES string of the molecule is CC1CCc2oc3ccc(NS(=O)(=O)c4ccc(Br)cc4)cc3c2C1. The minimum Gasteiger partial charge on any atom is -0.461 e. The van der Waals surface area contributed by atoms with Crippen LogP contribution in [0, 0.1) is 5.92 Å². The smallest absolute Gasteiger partial charge is 0.261 e. The topological polar surface area (TPSA) is 59.3 Å². The summed E-state index contributed by atoms with van der Waals surface area (Å²) in [6.45, 7) is 2.24. The first-order valence-electron chi connectivity index (χ1n) is 8.25. The third-order valence-electron chi connectivity index (χ3n) is 4.67. The van der Waals surface area contributed by atoms with E-state index < -0.39 is 10.0 Å². The molecule has 1 heterocycles. The van der Waals surface area contributed by atoms with Crippen LogP contribution in [0.25, 0.3) is 11.0 Å². The number of benzene rings is 2. The number of sulfonamides is 1. The molecule has 0 spiro atoms. The van der Waals surface area contributed by atoms with Crippen molar-refractivity contribution >= 4 is 42.6 Å². The van der Waals surface area contributed by atoms with E-state index in [1.165, 1.54) is 5.56 Å². The van der Waals surface area contributed by atoms with Crippen LogP contribution >= 0.6 is 15.9 Å². The van der Waals surface area contributed by atoms with Gasteiger partial charge in [0.05, 0.1) is 4.90 Å². The van der Waals surface area contributed by atoms with Crippen molar-refractivity contribution < 1.29 is 12.8 Å². The Bertz CT molecular complexity index is 1040. The van der Waals surface area contributed by atoms with Crippen molar-refractivity contribution in [2.75, 3.05) is 4.72 Å². The van der Waals surface area contributed by atoms with Gasteiger partial charge in [0, 0.05) is 27.5 Å². The van der Waals surface area contributed by atoms with Gasteiger partial charge in [-0.1, -0.05) is 22.9 Å². The Hall–Kier alpha value is -1.79. The molecule has 4 rings (SSSR count). The Morgan fingerprint density at radius 2 is 1.92 bits per heavy atom. The zero-order valence-electron chi connectivity index (χ0n) is 13.8. The summed E-state index contributed by atoms with van der Waals surface area (Å²) in [6, 6.07) is 12.1. The highest BCUT2D eigenvalue weighted by molar-refractivity contribution is 9.10. The number of halogens is 1. The van der Waals surface area contributed by atoms with Crippen LogP contribution in [0.3, 0.4) is 0 Å². The van der Waals surface area contributed by atoms with Gasteiger partial charge in [-0.05, 0) is 61.2 Å². The first-order chi connectivity index (χ1) is 11.9. The number of furan rings is 1. The van der Waals surface area contributed by atoms with E-state index in [4.69, 9.17) is 4.42 Å². The molecule has 0 aliphatic heterocycles. The third-order valence-corrected chi connectivity index (χ3v) is 6.59. The number of aryl methyl sites for hydroxylation is 1. The lowest BCUT2D eigenvalue weighted by Crippen LogP contribution is -2.13. The normalized spacial score (nSPS) is 17.4. The molecule has 0 bridgehead atoms. The Kier molecular flexibility index (Phi) is 4.12. The van der Waals surface area contributed by atoms with Crippen molar-refractivity contribution in [1.29, 1.82) is 0 Å². The standard InChI is InChI=1S/C19H18BrNO3S/c1-12-2-8-18-16(10-12)17-11-14(5-9-19(17)24-18)21-25(22,23)15-6-3-13(20)4-7-15/h3-7,9,11-12,21H,2,8,10H2,1H3. The zero-order chi connectivity index (χ0) is 17.6. The van der Waals surface area contributed by atoms with E-state index in [9.17, 15) is 8.42 Å². The van der Waals surface area contributed by atoms with Crippen molar-refractivity contribution in [3.63, 3.8) is 0 Å². The number of hydrogen-bond donors (Lipinski definition) is 1. The highest BCUT2D eigenvalue weighted by Gasteiger charge is 2.22.